The minimum absolute atomic E-state index is 0.163. The number of methoxy groups -OCH3 is 1. The van der Waals surface area contributed by atoms with Crippen LogP contribution in [0.3, 0.4) is 0 Å². The molecule has 1 aliphatic rings. The Morgan fingerprint density at radius 3 is 3.00 bits per heavy atom. The van der Waals surface area contributed by atoms with Gasteiger partial charge in [-0.05, 0) is 51.4 Å². The van der Waals surface area contributed by atoms with Crippen molar-refractivity contribution < 1.29 is 9.66 Å². The van der Waals surface area contributed by atoms with Crippen molar-refractivity contribution in [3.8, 4) is 5.75 Å². The first kappa shape index (κ1) is 15.7. The number of ether oxygens (including phenoxy) is 1. The Morgan fingerprint density at radius 2 is 2.33 bits per heavy atom. The fourth-order valence-electron chi connectivity index (χ4n) is 2.80. The number of hydrogen-bond acceptors (Lipinski definition) is 5. The van der Waals surface area contributed by atoms with Gasteiger partial charge in [0.25, 0.3) is 5.69 Å². The van der Waals surface area contributed by atoms with Gasteiger partial charge in [0.2, 0.25) is 0 Å². The van der Waals surface area contributed by atoms with E-state index in [1.165, 1.54) is 6.07 Å². The number of nitro benzene ring substituents is 1. The number of nitrogens with one attached hydrogen (secondary N) is 2. The maximum Gasteiger partial charge on any atom is 0.272 e. The Kier molecular flexibility index (Phi) is 5.52. The largest absolute Gasteiger partial charge is 0.497 e. The van der Waals surface area contributed by atoms with E-state index >= 15 is 0 Å². The number of hydrogen-bond donors (Lipinski definition) is 2. The smallest absolute Gasteiger partial charge is 0.272 e. The molecule has 0 amide bonds. The van der Waals surface area contributed by atoms with Crippen molar-refractivity contribution in [1.82, 2.24) is 10.6 Å². The first-order chi connectivity index (χ1) is 10.1. The molecule has 2 rings (SSSR count). The van der Waals surface area contributed by atoms with Gasteiger partial charge < -0.3 is 15.4 Å². The van der Waals surface area contributed by atoms with Crippen LogP contribution in [-0.2, 0) is 6.42 Å². The van der Waals surface area contributed by atoms with Crippen LogP contribution < -0.4 is 15.4 Å². The summed E-state index contributed by atoms with van der Waals surface area (Å²) in [5.74, 6) is 0.658. The van der Waals surface area contributed by atoms with E-state index in [-0.39, 0.29) is 10.6 Å². The summed E-state index contributed by atoms with van der Waals surface area (Å²) in [4.78, 5) is 10.7. The molecule has 6 heteroatoms. The van der Waals surface area contributed by atoms with Gasteiger partial charge in [-0.25, -0.2) is 0 Å². The summed E-state index contributed by atoms with van der Waals surface area (Å²) < 4.78 is 5.15. The first-order valence-electron chi connectivity index (χ1n) is 7.38. The standard InChI is InChI=1S/C15H23N3O3/c1-11-9-13(6-8-16-11)17-7-5-12-10-14(21-2)3-4-15(12)18(19)20/h3-4,10-11,13,16-17H,5-9H2,1-2H3. The number of rotatable bonds is 6. The Labute approximate surface area is 125 Å². The second-order valence-electron chi connectivity index (χ2n) is 5.53. The van der Waals surface area contributed by atoms with E-state index in [2.05, 4.69) is 17.6 Å². The Balaban J connectivity index is 1.93. The zero-order chi connectivity index (χ0) is 15.2. The molecule has 21 heavy (non-hydrogen) atoms. The minimum Gasteiger partial charge on any atom is -0.497 e. The van der Waals surface area contributed by atoms with Crippen LogP contribution in [0.25, 0.3) is 0 Å². The highest BCUT2D eigenvalue weighted by atomic mass is 16.6. The van der Waals surface area contributed by atoms with E-state index in [0.29, 0.717) is 29.8 Å². The van der Waals surface area contributed by atoms with Gasteiger partial charge in [0.05, 0.1) is 12.0 Å². The van der Waals surface area contributed by atoms with Crippen LogP contribution in [0.5, 0.6) is 5.75 Å². The number of benzene rings is 1. The van der Waals surface area contributed by atoms with Crippen molar-refractivity contribution in [2.24, 2.45) is 0 Å². The van der Waals surface area contributed by atoms with Crippen LogP contribution in [0, 0.1) is 10.1 Å². The lowest BCUT2D eigenvalue weighted by Gasteiger charge is -2.28. The topological polar surface area (TPSA) is 76.4 Å². The SMILES string of the molecule is COc1ccc([N+](=O)[O-])c(CCNC2CCNC(C)C2)c1. The van der Waals surface area contributed by atoms with Crippen molar-refractivity contribution in [2.45, 2.75) is 38.3 Å². The Hall–Kier alpha value is -1.66. The van der Waals surface area contributed by atoms with E-state index in [9.17, 15) is 10.1 Å². The van der Waals surface area contributed by atoms with Gasteiger partial charge in [-0.1, -0.05) is 0 Å². The van der Waals surface area contributed by atoms with E-state index in [1.54, 1.807) is 19.2 Å². The third-order valence-electron chi connectivity index (χ3n) is 3.93. The van der Waals surface area contributed by atoms with Crippen LogP contribution in [0.1, 0.15) is 25.3 Å². The average molecular weight is 293 g/mol. The average Bonchev–Trinajstić information content (AvgIpc) is 2.47. The zero-order valence-electron chi connectivity index (χ0n) is 12.6. The van der Waals surface area contributed by atoms with Gasteiger partial charge in [-0.2, -0.15) is 0 Å². The van der Waals surface area contributed by atoms with Crippen molar-refractivity contribution in [3.05, 3.63) is 33.9 Å². The fourth-order valence-corrected chi connectivity index (χ4v) is 2.80. The van der Waals surface area contributed by atoms with Gasteiger partial charge in [-0.15, -0.1) is 0 Å². The predicted octanol–water partition coefficient (Wildman–Crippen LogP) is 1.88. The molecule has 1 aromatic carbocycles. The maximum absolute atomic E-state index is 11.1. The molecular weight excluding hydrogens is 270 g/mol. The molecule has 0 radical (unpaired) electrons. The fraction of sp³-hybridized carbons (Fsp3) is 0.600. The second kappa shape index (κ2) is 7.38. The molecule has 0 aromatic heterocycles. The summed E-state index contributed by atoms with van der Waals surface area (Å²) in [7, 11) is 1.57. The third-order valence-corrected chi connectivity index (χ3v) is 3.93. The molecule has 1 aliphatic heterocycles. The zero-order valence-corrected chi connectivity index (χ0v) is 12.6. The molecule has 0 spiro atoms. The van der Waals surface area contributed by atoms with Crippen LogP contribution in [0.15, 0.2) is 18.2 Å². The molecule has 0 aliphatic carbocycles. The van der Waals surface area contributed by atoms with Gasteiger partial charge >= 0.3 is 0 Å². The number of piperidine rings is 1. The number of nitro groups is 1. The van der Waals surface area contributed by atoms with Gasteiger partial charge in [0.15, 0.2) is 0 Å². The molecule has 1 fully saturated rings. The quantitative estimate of drug-likeness (QED) is 0.618. The third kappa shape index (κ3) is 4.41. The normalized spacial score (nSPS) is 22.0. The van der Waals surface area contributed by atoms with Crippen LogP contribution in [0.2, 0.25) is 0 Å². The van der Waals surface area contributed by atoms with Crippen molar-refractivity contribution >= 4 is 5.69 Å². The van der Waals surface area contributed by atoms with E-state index in [4.69, 9.17) is 4.74 Å². The molecule has 116 valence electrons. The van der Waals surface area contributed by atoms with Crippen molar-refractivity contribution in [1.29, 1.82) is 0 Å². The molecule has 1 heterocycles. The summed E-state index contributed by atoms with van der Waals surface area (Å²) in [6, 6.07) is 5.92. The van der Waals surface area contributed by atoms with E-state index in [1.807, 2.05) is 0 Å². The summed E-state index contributed by atoms with van der Waals surface area (Å²) in [6.45, 7) is 3.95. The molecule has 6 nitrogen and oxygen atoms in total. The molecule has 1 aromatic rings. The number of nitrogens with zero attached hydrogens (tertiary/aromatic N) is 1. The predicted molar refractivity (Wildman–Crippen MR) is 81.8 cm³/mol. The van der Waals surface area contributed by atoms with Gasteiger partial charge in [0.1, 0.15) is 5.75 Å². The molecule has 0 saturated carbocycles. The van der Waals surface area contributed by atoms with Crippen molar-refractivity contribution in [3.63, 3.8) is 0 Å². The first-order valence-corrected chi connectivity index (χ1v) is 7.38. The van der Waals surface area contributed by atoms with Gasteiger partial charge in [0, 0.05) is 23.7 Å². The monoisotopic (exact) mass is 293 g/mol. The summed E-state index contributed by atoms with van der Waals surface area (Å²) in [6.07, 6.45) is 2.83. The highest BCUT2D eigenvalue weighted by Crippen LogP contribution is 2.24. The lowest BCUT2D eigenvalue weighted by Crippen LogP contribution is -2.45. The maximum atomic E-state index is 11.1. The molecule has 1 saturated heterocycles. The van der Waals surface area contributed by atoms with E-state index < -0.39 is 0 Å². The molecule has 0 bridgehead atoms. The summed E-state index contributed by atoms with van der Waals surface area (Å²) >= 11 is 0. The molecule has 2 atom stereocenters. The van der Waals surface area contributed by atoms with Gasteiger partial charge in [-0.3, -0.25) is 10.1 Å². The summed E-state index contributed by atoms with van der Waals surface area (Å²) in [5.41, 5.74) is 0.880. The molecular formula is C15H23N3O3. The Bertz CT molecular complexity index is 493. The van der Waals surface area contributed by atoms with Crippen molar-refractivity contribution in [2.75, 3.05) is 20.2 Å². The minimum atomic E-state index is -0.332. The van der Waals surface area contributed by atoms with Crippen LogP contribution >= 0.6 is 0 Å². The molecule has 2 unspecified atom stereocenters. The highest BCUT2D eigenvalue weighted by Gasteiger charge is 2.18. The summed E-state index contributed by atoms with van der Waals surface area (Å²) in [5, 5.41) is 18.0. The van der Waals surface area contributed by atoms with Crippen LogP contribution in [-0.4, -0.2) is 37.2 Å². The molecule has 2 N–H and O–H groups in total. The highest BCUT2D eigenvalue weighted by molar-refractivity contribution is 5.45. The lowest BCUT2D eigenvalue weighted by molar-refractivity contribution is -0.385. The van der Waals surface area contributed by atoms with Crippen LogP contribution in [0.4, 0.5) is 5.69 Å². The van der Waals surface area contributed by atoms with E-state index in [0.717, 1.165) is 25.9 Å². The lowest BCUT2D eigenvalue weighted by atomic mass is 10.0. The Morgan fingerprint density at radius 1 is 1.52 bits per heavy atom. The second-order valence-corrected chi connectivity index (χ2v) is 5.53.